The van der Waals surface area contributed by atoms with Gasteiger partial charge in [-0.05, 0) is 34.7 Å². The van der Waals surface area contributed by atoms with E-state index in [1.165, 1.54) is 12.1 Å². The van der Waals surface area contributed by atoms with Crippen molar-refractivity contribution in [3.63, 3.8) is 0 Å². The molecule has 0 amide bonds. The minimum atomic E-state index is -0.349. The number of hydrogen-bond acceptors (Lipinski definition) is 2. The predicted molar refractivity (Wildman–Crippen MR) is 42.8 cm³/mol. The van der Waals surface area contributed by atoms with Crippen molar-refractivity contribution in [2.75, 3.05) is 0 Å². The topological polar surface area (TPSA) is 33.1 Å². The summed E-state index contributed by atoms with van der Waals surface area (Å²) in [6, 6.07) is 2.75. The highest BCUT2D eigenvalue weighted by Gasteiger charge is 1.99. The number of hydrogen-bond donors (Lipinski definition) is 1. The van der Waals surface area contributed by atoms with Crippen molar-refractivity contribution in [3.8, 4) is 0 Å². The van der Waals surface area contributed by atoms with Crippen LogP contribution in [0, 0.1) is 9.52 Å². The molecule has 0 atom stereocenters. The quantitative estimate of drug-likeness (QED) is 0.604. The van der Waals surface area contributed by atoms with Crippen LogP contribution in [0.5, 0.6) is 0 Å². The SMILES string of the molecule is OCc1ccc(F)c(I)n1. The number of aromatic nitrogens is 1. The van der Waals surface area contributed by atoms with Crippen LogP contribution in [-0.2, 0) is 6.61 Å². The van der Waals surface area contributed by atoms with Crippen LogP contribution >= 0.6 is 22.6 Å². The first-order valence-electron chi connectivity index (χ1n) is 2.66. The zero-order valence-corrected chi connectivity index (χ0v) is 7.17. The second kappa shape index (κ2) is 3.25. The maximum absolute atomic E-state index is 12.5. The van der Waals surface area contributed by atoms with Crippen LogP contribution in [0.25, 0.3) is 0 Å². The molecule has 10 heavy (non-hydrogen) atoms. The summed E-state index contributed by atoms with van der Waals surface area (Å²) in [7, 11) is 0. The molecule has 0 radical (unpaired) electrons. The highest BCUT2D eigenvalue weighted by Crippen LogP contribution is 2.07. The molecule has 1 aromatic rings. The maximum atomic E-state index is 12.5. The van der Waals surface area contributed by atoms with E-state index in [1.54, 1.807) is 22.6 Å². The van der Waals surface area contributed by atoms with E-state index in [1.807, 2.05) is 0 Å². The summed E-state index contributed by atoms with van der Waals surface area (Å²) < 4.78 is 12.8. The molecule has 0 bridgehead atoms. The Hall–Kier alpha value is -0.230. The Labute approximate surface area is 71.2 Å². The van der Waals surface area contributed by atoms with Gasteiger partial charge in [0.15, 0.2) is 5.82 Å². The molecule has 2 nitrogen and oxygen atoms in total. The van der Waals surface area contributed by atoms with Gasteiger partial charge in [-0.2, -0.15) is 0 Å². The van der Waals surface area contributed by atoms with Gasteiger partial charge in [0, 0.05) is 0 Å². The van der Waals surface area contributed by atoms with Gasteiger partial charge < -0.3 is 5.11 Å². The van der Waals surface area contributed by atoms with Crippen LogP contribution in [0.1, 0.15) is 5.69 Å². The van der Waals surface area contributed by atoms with Crippen LogP contribution in [-0.4, -0.2) is 10.1 Å². The lowest BCUT2D eigenvalue weighted by Gasteiger charge is -1.95. The fourth-order valence-corrected chi connectivity index (χ4v) is 1.03. The van der Waals surface area contributed by atoms with Crippen LogP contribution in [0.15, 0.2) is 12.1 Å². The fraction of sp³-hybridized carbons (Fsp3) is 0.167. The summed E-state index contributed by atoms with van der Waals surface area (Å²) in [5.74, 6) is -0.349. The van der Waals surface area contributed by atoms with Gasteiger partial charge in [0.25, 0.3) is 0 Å². The van der Waals surface area contributed by atoms with E-state index in [9.17, 15) is 4.39 Å². The lowest BCUT2D eigenvalue weighted by atomic mass is 10.4. The van der Waals surface area contributed by atoms with Crippen molar-refractivity contribution in [2.24, 2.45) is 0 Å². The number of rotatable bonds is 1. The van der Waals surface area contributed by atoms with E-state index < -0.39 is 0 Å². The maximum Gasteiger partial charge on any atom is 0.155 e. The van der Waals surface area contributed by atoms with Crippen molar-refractivity contribution in [3.05, 3.63) is 27.3 Å². The minimum Gasteiger partial charge on any atom is -0.390 e. The first-order chi connectivity index (χ1) is 4.74. The Balaban J connectivity index is 3.04. The third kappa shape index (κ3) is 1.63. The molecule has 1 aromatic heterocycles. The molecule has 0 saturated carbocycles. The molecular weight excluding hydrogens is 248 g/mol. The number of pyridine rings is 1. The summed E-state index contributed by atoms with van der Waals surface area (Å²) in [5.41, 5.74) is 0.491. The van der Waals surface area contributed by atoms with Crippen LogP contribution in [0.2, 0.25) is 0 Å². The molecule has 0 aromatic carbocycles. The Morgan fingerprint density at radius 2 is 2.30 bits per heavy atom. The van der Waals surface area contributed by atoms with Gasteiger partial charge in [0.1, 0.15) is 3.70 Å². The molecule has 0 fully saturated rings. The molecule has 0 spiro atoms. The smallest absolute Gasteiger partial charge is 0.155 e. The molecule has 0 saturated heterocycles. The van der Waals surface area contributed by atoms with Crippen LogP contribution in [0.4, 0.5) is 4.39 Å². The van der Waals surface area contributed by atoms with Crippen molar-refractivity contribution in [1.82, 2.24) is 4.98 Å². The van der Waals surface area contributed by atoms with E-state index in [2.05, 4.69) is 4.98 Å². The minimum absolute atomic E-state index is 0.143. The summed E-state index contributed by atoms with van der Waals surface area (Å²) in [4.78, 5) is 3.75. The van der Waals surface area contributed by atoms with Gasteiger partial charge in [-0.1, -0.05) is 0 Å². The number of halogens is 2. The fourth-order valence-electron chi connectivity index (χ4n) is 0.543. The molecule has 0 unspecified atom stereocenters. The van der Waals surface area contributed by atoms with E-state index in [0.717, 1.165) is 0 Å². The van der Waals surface area contributed by atoms with Gasteiger partial charge in [-0.3, -0.25) is 0 Å². The Bertz CT molecular complexity index is 241. The van der Waals surface area contributed by atoms with Crippen molar-refractivity contribution in [2.45, 2.75) is 6.61 Å². The number of aliphatic hydroxyl groups excluding tert-OH is 1. The largest absolute Gasteiger partial charge is 0.390 e. The van der Waals surface area contributed by atoms with Gasteiger partial charge in [0.05, 0.1) is 12.3 Å². The average molecular weight is 253 g/mol. The zero-order chi connectivity index (χ0) is 7.56. The molecule has 54 valence electrons. The number of nitrogens with zero attached hydrogens (tertiary/aromatic N) is 1. The molecule has 4 heteroatoms. The monoisotopic (exact) mass is 253 g/mol. The van der Waals surface area contributed by atoms with E-state index >= 15 is 0 Å². The lowest BCUT2D eigenvalue weighted by molar-refractivity contribution is 0.276. The first-order valence-corrected chi connectivity index (χ1v) is 3.73. The van der Waals surface area contributed by atoms with Gasteiger partial charge in [0.2, 0.25) is 0 Å². The predicted octanol–water partition coefficient (Wildman–Crippen LogP) is 1.32. The molecule has 1 N–H and O–H groups in total. The summed E-state index contributed by atoms with van der Waals surface area (Å²) in [6.45, 7) is -0.143. The third-order valence-corrected chi connectivity index (χ3v) is 1.78. The Kier molecular flexibility index (Phi) is 2.56. The lowest BCUT2D eigenvalue weighted by Crippen LogP contribution is -1.93. The van der Waals surface area contributed by atoms with Gasteiger partial charge >= 0.3 is 0 Å². The highest BCUT2D eigenvalue weighted by atomic mass is 127. The summed E-state index contributed by atoms with van der Waals surface area (Å²) in [6.07, 6.45) is 0. The molecule has 0 aliphatic carbocycles. The van der Waals surface area contributed by atoms with Gasteiger partial charge in [-0.25, -0.2) is 9.37 Å². The second-order valence-corrected chi connectivity index (χ2v) is 2.76. The number of aliphatic hydroxyl groups is 1. The molecule has 0 aliphatic heterocycles. The van der Waals surface area contributed by atoms with E-state index in [-0.39, 0.29) is 12.4 Å². The van der Waals surface area contributed by atoms with Crippen LogP contribution < -0.4 is 0 Å². The van der Waals surface area contributed by atoms with Crippen molar-refractivity contribution < 1.29 is 9.50 Å². The molecule has 1 heterocycles. The normalized spacial score (nSPS) is 9.90. The van der Waals surface area contributed by atoms with Crippen molar-refractivity contribution in [1.29, 1.82) is 0 Å². The van der Waals surface area contributed by atoms with E-state index in [4.69, 9.17) is 5.11 Å². The van der Waals surface area contributed by atoms with Crippen molar-refractivity contribution >= 4 is 22.6 Å². The zero-order valence-electron chi connectivity index (χ0n) is 5.01. The summed E-state index contributed by atoms with van der Waals surface area (Å²) in [5, 5.41) is 8.56. The second-order valence-electron chi connectivity index (χ2n) is 1.73. The molecular formula is C6H5FINO. The van der Waals surface area contributed by atoms with Gasteiger partial charge in [-0.15, -0.1) is 0 Å². The first kappa shape index (κ1) is 7.87. The Morgan fingerprint density at radius 3 is 2.80 bits per heavy atom. The summed E-state index contributed by atoms with van der Waals surface area (Å²) >= 11 is 1.78. The molecule has 1 rings (SSSR count). The van der Waals surface area contributed by atoms with E-state index in [0.29, 0.717) is 9.39 Å². The standard InChI is InChI=1S/C6H5FINO/c7-5-2-1-4(3-10)9-6(5)8/h1-2,10H,3H2. The average Bonchev–Trinajstić information content (AvgIpc) is 1.95. The highest BCUT2D eigenvalue weighted by molar-refractivity contribution is 14.1. The molecule has 0 aliphatic rings. The third-order valence-electron chi connectivity index (χ3n) is 1.02. The Morgan fingerprint density at radius 1 is 1.60 bits per heavy atom. The van der Waals surface area contributed by atoms with Crippen LogP contribution in [0.3, 0.4) is 0 Å².